The zero-order chi connectivity index (χ0) is 22.6. The number of hydrogen-bond acceptors (Lipinski definition) is 5. The number of benzene rings is 3. The maximum Gasteiger partial charge on any atom is 0.261 e. The molecule has 3 rings (SSSR count). The maximum atomic E-state index is 13.1. The molecule has 8 nitrogen and oxygen atoms in total. The third-order valence-corrected chi connectivity index (χ3v) is 6.96. The van der Waals surface area contributed by atoms with Crippen LogP contribution in [-0.4, -0.2) is 29.8 Å². The Morgan fingerprint density at radius 1 is 0.710 bits per heavy atom. The van der Waals surface area contributed by atoms with E-state index in [0.717, 1.165) is 24.3 Å². The van der Waals surface area contributed by atoms with Crippen molar-refractivity contribution >= 4 is 37.3 Å². The summed E-state index contributed by atoms with van der Waals surface area (Å²) in [6.07, 6.45) is 0. The number of para-hydroxylation sites is 2. The van der Waals surface area contributed by atoms with Crippen molar-refractivity contribution in [3.8, 4) is 0 Å². The lowest BCUT2D eigenvalue weighted by Gasteiger charge is -2.15. The van der Waals surface area contributed by atoms with E-state index in [1.54, 1.807) is 0 Å². The zero-order valence-electron chi connectivity index (χ0n) is 16.2. The van der Waals surface area contributed by atoms with Crippen LogP contribution in [-0.2, 0) is 20.0 Å². The van der Waals surface area contributed by atoms with Gasteiger partial charge < -0.3 is 5.32 Å². The van der Waals surface area contributed by atoms with E-state index in [0.29, 0.717) is 0 Å². The molecule has 0 unspecified atom stereocenters. The van der Waals surface area contributed by atoms with Crippen molar-refractivity contribution in [1.29, 1.82) is 0 Å². The molecule has 0 heterocycles. The summed E-state index contributed by atoms with van der Waals surface area (Å²) >= 11 is 0. The Morgan fingerprint density at radius 3 is 1.55 bits per heavy atom. The van der Waals surface area contributed by atoms with Crippen molar-refractivity contribution in [1.82, 2.24) is 5.32 Å². The Bertz CT molecular complexity index is 1310. The minimum Gasteiger partial charge on any atom is -0.355 e. The molecule has 3 aromatic carbocycles. The standard InChI is InChI=1S/C20H18FN3O5S2/c1-22-20(25)14-6-10-16(11-7-14)30(26,27)23-18-4-2-3-5-19(18)24-31(28,29)17-12-8-15(21)9-13-17/h2-13,23-24H,1H3,(H,22,25). The summed E-state index contributed by atoms with van der Waals surface area (Å²) in [6.45, 7) is 0. The highest BCUT2D eigenvalue weighted by Gasteiger charge is 2.20. The average molecular weight is 464 g/mol. The number of rotatable bonds is 7. The van der Waals surface area contributed by atoms with E-state index in [-0.39, 0.29) is 32.6 Å². The molecule has 162 valence electrons. The zero-order valence-corrected chi connectivity index (χ0v) is 17.8. The van der Waals surface area contributed by atoms with Crippen LogP contribution in [0.3, 0.4) is 0 Å². The van der Waals surface area contributed by atoms with Crippen LogP contribution in [0.4, 0.5) is 15.8 Å². The third kappa shape index (κ3) is 5.19. The lowest BCUT2D eigenvalue weighted by atomic mass is 10.2. The van der Waals surface area contributed by atoms with E-state index in [2.05, 4.69) is 14.8 Å². The largest absolute Gasteiger partial charge is 0.355 e. The fourth-order valence-corrected chi connectivity index (χ4v) is 4.77. The Balaban J connectivity index is 1.88. The smallest absolute Gasteiger partial charge is 0.261 e. The van der Waals surface area contributed by atoms with E-state index in [1.165, 1.54) is 55.6 Å². The quantitative estimate of drug-likeness (QED) is 0.498. The molecular formula is C20H18FN3O5S2. The molecule has 0 aliphatic carbocycles. The maximum absolute atomic E-state index is 13.1. The molecule has 0 aliphatic heterocycles. The van der Waals surface area contributed by atoms with Gasteiger partial charge in [-0.25, -0.2) is 21.2 Å². The number of amides is 1. The summed E-state index contributed by atoms with van der Waals surface area (Å²) in [5.74, 6) is -0.952. The molecule has 0 fully saturated rings. The van der Waals surface area contributed by atoms with Crippen LogP contribution in [0.15, 0.2) is 82.6 Å². The minimum absolute atomic E-state index is 0.0106. The van der Waals surface area contributed by atoms with Crippen LogP contribution >= 0.6 is 0 Å². The lowest BCUT2D eigenvalue weighted by molar-refractivity contribution is 0.0963. The summed E-state index contributed by atoms with van der Waals surface area (Å²) in [4.78, 5) is 11.3. The second-order valence-corrected chi connectivity index (χ2v) is 9.68. The van der Waals surface area contributed by atoms with Gasteiger partial charge in [0.1, 0.15) is 5.82 Å². The third-order valence-electron chi connectivity index (χ3n) is 4.19. The van der Waals surface area contributed by atoms with Gasteiger partial charge in [-0.15, -0.1) is 0 Å². The van der Waals surface area contributed by atoms with E-state index in [4.69, 9.17) is 0 Å². The number of carbonyl (C=O) groups is 1. The Morgan fingerprint density at radius 2 is 1.13 bits per heavy atom. The van der Waals surface area contributed by atoms with E-state index < -0.39 is 25.9 Å². The molecule has 0 aromatic heterocycles. The van der Waals surface area contributed by atoms with Gasteiger partial charge >= 0.3 is 0 Å². The van der Waals surface area contributed by atoms with Gasteiger partial charge in [-0.05, 0) is 60.7 Å². The number of carbonyl (C=O) groups excluding carboxylic acids is 1. The summed E-state index contributed by atoms with van der Waals surface area (Å²) in [6, 6.07) is 15.3. The molecule has 1 amide bonds. The van der Waals surface area contributed by atoms with Crippen LogP contribution in [0.2, 0.25) is 0 Å². The molecular weight excluding hydrogens is 445 g/mol. The van der Waals surface area contributed by atoms with Gasteiger partial charge in [0.2, 0.25) is 0 Å². The predicted molar refractivity (Wildman–Crippen MR) is 114 cm³/mol. The van der Waals surface area contributed by atoms with Gasteiger partial charge in [-0.2, -0.15) is 0 Å². The van der Waals surface area contributed by atoms with E-state index in [9.17, 15) is 26.0 Å². The van der Waals surface area contributed by atoms with Crippen molar-refractivity contribution in [2.75, 3.05) is 16.5 Å². The van der Waals surface area contributed by atoms with E-state index in [1.807, 2.05) is 0 Å². The first-order valence-corrected chi connectivity index (χ1v) is 11.8. The predicted octanol–water partition coefficient (Wildman–Crippen LogP) is 2.79. The highest BCUT2D eigenvalue weighted by molar-refractivity contribution is 7.93. The van der Waals surface area contributed by atoms with Gasteiger partial charge in [0.25, 0.3) is 26.0 Å². The van der Waals surface area contributed by atoms with Crippen LogP contribution in [0.5, 0.6) is 0 Å². The second kappa shape index (κ2) is 8.74. The number of nitrogens with one attached hydrogen (secondary N) is 3. The molecule has 0 aliphatic rings. The molecule has 0 saturated carbocycles. The minimum atomic E-state index is -4.09. The first-order chi connectivity index (χ1) is 14.6. The number of hydrogen-bond donors (Lipinski definition) is 3. The Labute approximate surface area is 179 Å². The van der Waals surface area contributed by atoms with Gasteiger partial charge in [-0.1, -0.05) is 12.1 Å². The van der Waals surface area contributed by atoms with Gasteiger partial charge in [0.15, 0.2) is 0 Å². The molecule has 0 spiro atoms. The first-order valence-electron chi connectivity index (χ1n) is 8.85. The molecule has 11 heteroatoms. The fourth-order valence-electron chi connectivity index (χ4n) is 2.61. The Kier molecular flexibility index (Phi) is 6.27. The highest BCUT2D eigenvalue weighted by Crippen LogP contribution is 2.27. The molecule has 3 aromatic rings. The molecule has 0 radical (unpaired) electrons. The van der Waals surface area contributed by atoms with Crippen LogP contribution in [0, 0.1) is 5.82 Å². The summed E-state index contributed by atoms with van der Waals surface area (Å²) in [5.41, 5.74) is 0.259. The highest BCUT2D eigenvalue weighted by atomic mass is 32.2. The summed E-state index contributed by atoms with van der Waals surface area (Å²) in [7, 11) is -6.71. The molecule has 0 saturated heterocycles. The van der Waals surface area contributed by atoms with Crippen LogP contribution in [0.1, 0.15) is 10.4 Å². The average Bonchev–Trinajstić information content (AvgIpc) is 2.74. The lowest BCUT2D eigenvalue weighted by Crippen LogP contribution is -2.19. The monoisotopic (exact) mass is 463 g/mol. The van der Waals surface area contributed by atoms with Crippen LogP contribution < -0.4 is 14.8 Å². The molecule has 0 atom stereocenters. The van der Waals surface area contributed by atoms with Gasteiger partial charge in [0.05, 0.1) is 21.2 Å². The number of halogens is 1. The van der Waals surface area contributed by atoms with Crippen molar-refractivity contribution in [2.45, 2.75) is 9.79 Å². The van der Waals surface area contributed by atoms with Crippen molar-refractivity contribution in [2.24, 2.45) is 0 Å². The summed E-state index contributed by atoms with van der Waals surface area (Å²) < 4.78 is 68.4. The van der Waals surface area contributed by atoms with Gasteiger partial charge in [-0.3, -0.25) is 14.2 Å². The van der Waals surface area contributed by atoms with Gasteiger partial charge in [0, 0.05) is 12.6 Å². The first kappa shape index (κ1) is 22.2. The topological polar surface area (TPSA) is 121 Å². The molecule has 0 bridgehead atoms. The normalized spacial score (nSPS) is 11.5. The fraction of sp³-hybridized carbons (Fsp3) is 0.0500. The molecule has 3 N–H and O–H groups in total. The van der Waals surface area contributed by atoms with Crippen molar-refractivity contribution in [3.05, 3.63) is 84.2 Å². The van der Waals surface area contributed by atoms with Crippen molar-refractivity contribution in [3.63, 3.8) is 0 Å². The Hall–Kier alpha value is -3.44. The van der Waals surface area contributed by atoms with E-state index >= 15 is 0 Å². The number of anilines is 2. The second-order valence-electron chi connectivity index (χ2n) is 6.31. The number of sulfonamides is 2. The molecule has 31 heavy (non-hydrogen) atoms. The summed E-state index contributed by atoms with van der Waals surface area (Å²) in [5, 5.41) is 2.44. The SMILES string of the molecule is CNC(=O)c1ccc(S(=O)(=O)Nc2ccccc2NS(=O)(=O)c2ccc(F)cc2)cc1. The van der Waals surface area contributed by atoms with Crippen molar-refractivity contribution < 1.29 is 26.0 Å². The van der Waals surface area contributed by atoms with Crippen LogP contribution in [0.25, 0.3) is 0 Å².